The van der Waals surface area contributed by atoms with Crippen LogP contribution < -0.4 is 14.8 Å². The smallest absolute Gasteiger partial charge is 0.161 e. The maximum atomic E-state index is 5.27. The Morgan fingerprint density at radius 1 is 1.27 bits per heavy atom. The zero-order chi connectivity index (χ0) is 10.7. The summed E-state index contributed by atoms with van der Waals surface area (Å²) in [6.07, 6.45) is 0. The first-order chi connectivity index (χ1) is 7.35. The Kier molecular flexibility index (Phi) is 3.38. The molecule has 0 unspecified atom stereocenters. The van der Waals surface area contributed by atoms with Crippen molar-refractivity contribution in [3.8, 4) is 11.5 Å². The summed E-state index contributed by atoms with van der Waals surface area (Å²) < 4.78 is 10.5. The Hall–Kier alpha value is -0.870. The third kappa shape index (κ3) is 2.21. The molecular formula is C11H15NO2S. The van der Waals surface area contributed by atoms with E-state index in [0.717, 1.165) is 18.0 Å². The molecule has 1 aromatic rings. The molecule has 15 heavy (non-hydrogen) atoms. The van der Waals surface area contributed by atoms with E-state index >= 15 is 0 Å². The maximum absolute atomic E-state index is 5.27. The average Bonchev–Trinajstić information content (AvgIpc) is 2.81. The molecule has 0 bridgehead atoms. The van der Waals surface area contributed by atoms with Crippen molar-refractivity contribution in [2.45, 2.75) is 5.37 Å². The van der Waals surface area contributed by atoms with Crippen LogP contribution in [0.3, 0.4) is 0 Å². The van der Waals surface area contributed by atoms with Gasteiger partial charge in [0.25, 0.3) is 0 Å². The van der Waals surface area contributed by atoms with Crippen LogP contribution in [0.1, 0.15) is 10.9 Å². The van der Waals surface area contributed by atoms with Gasteiger partial charge in [-0.3, -0.25) is 0 Å². The lowest BCUT2D eigenvalue weighted by atomic mass is 10.2. The van der Waals surface area contributed by atoms with E-state index in [2.05, 4.69) is 11.4 Å². The number of benzene rings is 1. The highest BCUT2D eigenvalue weighted by atomic mass is 32.2. The van der Waals surface area contributed by atoms with Gasteiger partial charge in [-0.15, -0.1) is 11.8 Å². The van der Waals surface area contributed by atoms with Gasteiger partial charge in [-0.25, -0.2) is 0 Å². The molecule has 1 saturated heterocycles. The first-order valence-electron chi connectivity index (χ1n) is 4.92. The molecule has 1 fully saturated rings. The van der Waals surface area contributed by atoms with E-state index in [4.69, 9.17) is 9.47 Å². The van der Waals surface area contributed by atoms with Gasteiger partial charge in [0.1, 0.15) is 0 Å². The summed E-state index contributed by atoms with van der Waals surface area (Å²) in [4.78, 5) is 0. The van der Waals surface area contributed by atoms with E-state index in [1.54, 1.807) is 14.2 Å². The van der Waals surface area contributed by atoms with Crippen LogP contribution >= 0.6 is 11.8 Å². The number of hydrogen-bond donors (Lipinski definition) is 1. The first kappa shape index (κ1) is 10.6. The Labute approximate surface area is 94.2 Å². The van der Waals surface area contributed by atoms with E-state index in [-0.39, 0.29) is 0 Å². The summed E-state index contributed by atoms with van der Waals surface area (Å²) in [6.45, 7) is 1.07. The fourth-order valence-corrected chi connectivity index (χ4v) is 2.70. The first-order valence-corrected chi connectivity index (χ1v) is 5.97. The molecule has 1 atom stereocenters. The van der Waals surface area contributed by atoms with E-state index in [0.29, 0.717) is 5.37 Å². The molecule has 1 aromatic carbocycles. The number of nitrogens with one attached hydrogen (secondary N) is 1. The molecule has 0 aromatic heterocycles. The van der Waals surface area contributed by atoms with E-state index in [1.807, 2.05) is 23.9 Å². The Balaban J connectivity index is 2.25. The Bertz CT molecular complexity index is 337. The molecule has 0 saturated carbocycles. The molecule has 4 heteroatoms. The van der Waals surface area contributed by atoms with Crippen LogP contribution in [0, 0.1) is 0 Å². The third-order valence-electron chi connectivity index (χ3n) is 2.43. The second-order valence-electron chi connectivity index (χ2n) is 3.32. The second kappa shape index (κ2) is 4.77. The minimum atomic E-state index is 0.393. The highest BCUT2D eigenvalue weighted by Gasteiger charge is 2.18. The molecule has 1 aliphatic heterocycles. The number of thioether (sulfide) groups is 1. The quantitative estimate of drug-likeness (QED) is 0.852. The molecular weight excluding hydrogens is 210 g/mol. The van der Waals surface area contributed by atoms with Crippen LogP contribution in [0.4, 0.5) is 0 Å². The highest BCUT2D eigenvalue weighted by molar-refractivity contribution is 7.99. The van der Waals surface area contributed by atoms with Crippen molar-refractivity contribution in [2.24, 2.45) is 0 Å². The number of methoxy groups -OCH3 is 2. The van der Waals surface area contributed by atoms with Gasteiger partial charge in [0, 0.05) is 12.3 Å². The molecule has 3 nitrogen and oxygen atoms in total. The second-order valence-corrected chi connectivity index (χ2v) is 4.53. The van der Waals surface area contributed by atoms with Crippen LogP contribution in [-0.4, -0.2) is 26.5 Å². The van der Waals surface area contributed by atoms with Crippen LogP contribution in [0.2, 0.25) is 0 Å². The summed E-state index contributed by atoms with van der Waals surface area (Å²) in [7, 11) is 3.32. The molecule has 0 radical (unpaired) electrons. The van der Waals surface area contributed by atoms with Crippen LogP contribution in [0.25, 0.3) is 0 Å². The molecule has 0 amide bonds. The van der Waals surface area contributed by atoms with Crippen molar-refractivity contribution in [3.63, 3.8) is 0 Å². The third-order valence-corrected chi connectivity index (χ3v) is 3.64. The molecule has 1 aliphatic rings. The van der Waals surface area contributed by atoms with Gasteiger partial charge in [-0.2, -0.15) is 0 Å². The minimum absolute atomic E-state index is 0.393. The van der Waals surface area contributed by atoms with Crippen molar-refractivity contribution in [1.82, 2.24) is 5.32 Å². The van der Waals surface area contributed by atoms with Gasteiger partial charge in [0.15, 0.2) is 11.5 Å². The van der Waals surface area contributed by atoms with Gasteiger partial charge in [0.05, 0.1) is 19.6 Å². The van der Waals surface area contributed by atoms with Crippen molar-refractivity contribution < 1.29 is 9.47 Å². The minimum Gasteiger partial charge on any atom is -0.493 e. The van der Waals surface area contributed by atoms with Crippen LogP contribution in [0.15, 0.2) is 18.2 Å². The van der Waals surface area contributed by atoms with Crippen LogP contribution in [0.5, 0.6) is 11.5 Å². The van der Waals surface area contributed by atoms with Gasteiger partial charge in [-0.05, 0) is 17.7 Å². The Morgan fingerprint density at radius 3 is 2.67 bits per heavy atom. The lowest BCUT2D eigenvalue weighted by Gasteiger charge is -2.13. The topological polar surface area (TPSA) is 30.5 Å². The molecule has 0 aliphatic carbocycles. The monoisotopic (exact) mass is 225 g/mol. The highest BCUT2D eigenvalue weighted by Crippen LogP contribution is 2.35. The van der Waals surface area contributed by atoms with Gasteiger partial charge in [-0.1, -0.05) is 6.07 Å². The molecule has 2 rings (SSSR count). The zero-order valence-electron chi connectivity index (χ0n) is 8.95. The van der Waals surface area contributed by atoms with Gasteiger partial charge >= 0.3 is 0 Å². The Morgan fingerprint density at radius 2 is 2.07 bits per heavy atom. The molecule has 1 N–H and O–H groups in total. The van der Waals surface area contributed by atoms with Gasteiger partial charge in [0.2, 0.25) is 0 Å². The average molecular weight is 225 g/mol. The summed E-state index contributed by atoms with van der Waals surface area (Å²) in [6, 6.07) is 6.07. The zero-order valence-corrected chi connectivity index (χ0v) is 9.76. The summed E-state index contributed by atoms with van der Waals surface area (Å²) in [5.74, 6) is 2.74. The van der Waals surface area contributed by atoms with Gasteiger partial charge < -0.3 is 14.8 Å². The number of hydrogen-bond acceptors (Lipinski definition) is 4. The lowest BCUT2D eigenvalue weighted by molar-refractivity contribution is 0.354. The number of ether oxygens (including phenoxy) is 2. The standard InChI is InChI=1S/C11H15NO2S/c1-13-9-4-3-8(7-10(9)14-2)11-12-5-6-15-11/h3-4,7,11-12H,5-6H2,1-2H3/t11-/m0/s1. The SMILES string of the molecule is COc1ccc([C@H]2NCCS2)cc1OC. The summed E-state index contributed by atoms with van der Waals surface area (Å²) >= 11 is 1.92. The van der Waals surface area contributed by atoms with Crippen molar-refractivity contribution in [2.75, 3.05) is 26.5 Å². The van der Waals surface area contributed by atoms with E-state index in [9.17, 15) is 0 Å². The van der Waals surface area contributed by atoms with Crippen molar-refractivity contribution in [3.05, 3.63) is 23.8 Å². The van der Waals surface area contributed by atoms with Crippen molar-refractivity contribution >= 4 is 11.8 Å². The van der Waals surface area contributed by atoms with Crippen LogP contribution in [-0.2, 0) is 0 Å². The summed E-state index contributed by atoms with van der Waals surface area (Å²) in [5, 5.41) is 3.82. The van der Waals surface area contributed by atoms with E-state index in [1.165, 1.54) is 11.3 Å². The fourth-order valence-electron chi connectivity index (χ4n) is 1.66. The van der Waals surface area contributed by atoms with Crippen molar-refractivity contribution in [1.29, 1.82) is 0 Å². The molecule has 82 valence electrons. The predicted molar refractivity (Wildman–Crippen MR) is 62.7 cm³/mol. The van der Waals surface area contributed by atoms with E-state index < -0.39 is 0 Å². The molecule has 1 heterocycles. The molecule has 0 spiro atoms. The fraction of sp³-hybridized carbons (Fsp3) is 0.455. The number of rotatable bonds is 3. The maximum Gasteiger partial charge on any atom is 0.161 e. The summed E-state index contributed by atoms with van der Waals surface area (Å²) in [5.41, 5.74) is 1.25. The normalized spacial score (nSPS) is 20.3. The lowest BCUT2D eigenvalue weighted by Crippen LogP contribution is -2.12. The largest absolute Gasteiger partial charge is 0.493 e. The predicted octanol–water partition coefficient (Wildman–Crippen LogP) is 2.04.